The minimum absolute atomic E-state index is 0.161. The SMILES string of the molecule is CC1(C)O[C@H]2[C@@H](O1)[C@@H](COCCN1C(=O)c3ccccc3C1=O)O[C@@H]1OC(C)(C)O[C@@H]12. The second kappa shape index (κ2) is 7.33. The molecule has 0 bridgehead atoms. The first-order chi connectivity index (χ1) is 14.7. The van der Waals surface area contributed by atoms with Gasteiger partial charge in [0.2, 0.25) is 0 Å². The Hall–Kier alpha value is -1.88. The average Bonchev–Trinajstić information content (AvgIpc) is 3.28. The van der Waals surface area contributed by atoms with E-state index in [9.17, 15) is 9.59 Å². The van der Waals surface area contributed by atoms with Crippen LogP contribution in [0.25, 0.3) is 0 Å². The molecule has 5 atom stereocenters. The molecule has 4 heterocycles. The van der Waals surface area contributed by atoms with E-state index in [1.54, 1.807) is 24.3 Å². The molecule has 1 aromatic rings. The van der Waals surface area contributed by atoms with Crippen LogP contribution in [0.3, 0.4) is 0 Å². The second-order valence-electron chi connectivity index (χ2n) is 9.09. The minimum atomic E-state index is -0.781. The van der Waals surface area contributed by atoms with Gasteiger partial charge in [-0.25, -0.2) is 0 Å². The van der Waals surface area contributed by atoms with Crippen LogP contribution >= 0.6 is 0 Å². The van der Waals surface area contributed by atoms with Gasteiger partial charge in [-0.3, -0.25) is 14.5 Å². The third-order valence-corrected chi connectivity index (χ3v) is 5.87. The summed E-state index contributed by atoms with van der Waals surface area (Å²) in [5.74, 6) is -2.15. The number of rotatable bonds is 5. The van der Waals surface area contributed by atoms with Gasteiger partial charge in [0.05, 0.1) is 30.9 Å². The number of benzene rings is 1. The minimum Gasteiger partial charge on any atom is -0.377 e. The summed E-state index contributed by atoms with van der Waals surface area (Å²) in [6.45, 7) is 7.91. The van der Waals surface area contributed by atoms with Gasteiger partial charge in [0.1, 0.15) is 24.4 Å². The maximum Gasteiger partial charge on any atom is 0.261 e. The molecule has 4 aliphatic rings. The molecular weight excluding hydrogens is 406 g/mol. The van der Waals surface area contributed by atoms with Gasteiger partial charge in [0, 0.05) is 0 Å². The third kappa shape index (κ3) is 3.69. The fourth-order valence-corrected chi connectivity index (χ4v) is 4.63. The molecule has 0 saturated carbocycles. The molecule has 0 radical (unpaired) electrons. The third-order valence-electron chi connectivity index (χ3n) is 5.87. The van der Waals surface area contributed by atoms with Crippen LogP contribution in [0, 0.1) is 0 Å². The van der Waals surface area contributed by atoms with Gasteiger partial charge < -0.3 is 28.4 Å². The Kier molecular flexibility index (Phi) is 4.96. The number of amides is 2. The Bertz CT molecular complexity index is 864. The fraction of sp³-hybridized carbons (Fsp3) is 0.636. The van der Waals surface area contributed by atoms with Crippen LogP contribution in [0.2, 0.25) is 0 Å². The van der Waals surface area contributed by atoms with Crippen molar-refractivity contribution < 1.29 is 38.0 Å². The molecule has 9 heteroatoms. The van der Waals surface area contributed by atoms with E-state index < -0.39 is 30.1 Å². The Morgan fingerprint density at radius 1 is 0.871 bits per heavy atom. The summed E-state index contributed by atoms with van der Waals surface area (Å²) < 4.78 is 35.9. The first-order valence-corrected chi connectivity index (χ1v) is 10.5. The summed E-state index contributed by atoms with van der Waals surface area (Å²) in [6.07, 6.45) is -2.14. The molecule has 0 N–H and O–H groups in total. The molecule has 31 heavy (non-hydrogen) atoms. The first-order valence-electron chi connectivity index (χ1n) is 10.5. The highest BCUT2D eigenvalue weighted by molar-refractivity contribution is 6.21. The lowest BCUT2D eigenvalue weighted by molar-refractivity contribution is -0.243. The zero-order chi connectivity index (χ0) is 22.0. The molecule has 9 nitrogen and oxygen atoms in total. The number of fused-ring (bicyclic) bond motifs is 4. The highest BCUT2D eigenvalue weighted by Crippen LogP contribution is 2.44. The van der Waals surface area contributed by atoms with Crippen molar-refractivity contribution in [3.8, 4) is 0 Å². The van der Waals surface area contributed by atoms with E-state index >= 15 is 0 Å². The van der Waals surface area contributed by atoms with Crippen molar-refractivity contribution in [1.29, 1.82) is 0 Å². The van der Waals surface area contributed by atoms with Gasteiger partial charge in [-0.15, -0.1) is 0 Å². The molecule has 4 aliphatic heterocycles. The maximum atomic E-state index is 12.5. The van der Waals surface area contributed by atoms with Crippen LogP contribution in [0.4, 0.5) is 0 Å². The van der Waals surface area contributed by atoms with Gasteiger partial charge in [-0.2, -0.15) is 0 Å². The van der Waals surface area contributed by atoms with Crippen LogP contribution in [0.1, 0.15) is 48.4 Å². The standard InChI is InChI=1S/C22H27NO8/c1-21(2)28-15-14(27-20-17(16(15)29-21)30-22(3,4)31-20)11-26-10-9-23-18(24)12-7-5-6-8-13(12)19(23)25/h5-8,14-17,20H,9-11H2,1-4H3/t14-,15+,16+,17-,20-/m1/s1. The number of carbonyl (C=O) groups excluding carboxylic acids is 2. The molecule has 0 unspecified atom stereocenters. The first kappa shape index (κ1) is 21.0. The normalized spacial score (nSPS) is 35.2. The van der Waals surface area contributed by atoms with Gasteiger partial charge >= 0.3 is 0 Å². The van der Waals surface area contributed by atoms with E-state index in [2.05, 4.69) is 0 Å². The van der Waals surface area contributed by atoms with Crippen molar-refractivity contribution >= 4 is 11.8 Å². The largest absolute Gasteiger partial charge is 0.377 e. The predicted molar refractivity (Wildman–Crippen MR) is 105 cm³/mol. The second-order valence-corrected chi connectivity index (χ2v) is 9.09. The quantitative estimate of drug-likeness (QED) is 0.512. The number of ether oxygens (including phenoxy) is 6. The lowest BCUT2D eigenvalue weighted by Crippen LogP contribution is -2.56. The average molecular weight is 433 g/mol. The van der Waals surface area contributed by atoms with Gasteiger partial charge in [-0.1, -0.05) is 12.1 Å². The van der Waals surface area contributed by atoms with Crippen LogP contribution in [0.5, 0.6) is 0 Å². The van der Waals surface area contributed by atoms with Crippen LogP contribution in [-0.4, -0.2) is 78.8 Å². The summed E-state index contributed by atoms with van der Waals surface area (Å²) >= 11 is 0. The van der Waals surface area contributed by atoms with E-state index in [1.807, 2.05) is 27.7 Å². The summed E-state index contributed by atoms with van der Waals surface area (Å²) in [6, 6.07) is 6.81. The lowest BCUT2D eigenvalue weighted by atomic mass is 9.99. The van der Waals surface area contributed by atoms with E-state index in [1.165, 1.54) is 4.90 Å². The van der Waals surface area contributed by atoms with Crippen molar-refractivity contribution in [3.05, 3.63) is 35.4 Å². The van der Waals surface area contributed by atoms with E-state index in [4.69, 9.17) is 28.4 Å². The Morgan fingerprint density at radius 2 is 1.45 bits per heavy atom. The summed E-state index contributed by atoms with van der Waals surface area (Å²) in [5, 5.41) is 0. The molecule has 0 aliphatic carbocycles. The summed E-state index contributed by atoms with van der Waals surface area (Å²) in [4.78, 5) is 26.1. The monoisotopic (exact) mass is 433 g/mol. The number of carbonyl (C=O) groups is 2. The van der Waals surface area contributed by atoms with Crippen molar-refractivity contribution in [1.82, 2.24) is 4.90 Å². The van der Waals surface area contributed by atoms with Gasteiger partial charge in [0.15, 0.2) is 17.9 Å². The number of nitrogens with zero attached hydrogens (tertiary/aromatic N) is 1. The maximum absolute atomic E-state index is 12.5. The van der Waals surface area contributed by atoms with Crippen LogP contribution < -0.4 is 0 Å². The lowest BCUT2D eigenvalue weighted by Gasteiger charge is -2.37. The fourth-order valence-electron chi connectivity index (χ4n) is 4.63. The smallest absolute Gasteiger partial charge is 0.261 e. The highest BCUT2D eigenvalue weighted by atomic mass is 16.9. The molecule has 0 aromatic heterocycles. The van der Waals surface area contributed by atoms with Crippen LogP contribution in [-0.2, 0) is 28.4 Å². The molecule has 1 aromatic carbocycles. The van der Waals surface area contributed by atoms with Crippen molar-refractivity contribution in [2.75, 3.05) is 19.8 Å². The molecule has 5 rings (SSSR count). The van der Waals surface area contributed by atoms with Crippen LogP contribution in [0.15, 0.2) is 24.3 Å². The highest BCUT2D eigenvalue weighted by Gasteiger charge is 2.60. The molecule has 3 saturated heterocycles. The van der Waals surface area contributed by atoms with Gasteiger partial charge in [0.25, 0.3) is 11.8 Å². The van der Waals surface area contributed by atoms with Crippen molar-refractivity contribution in [3.63, 3.8) is 0 Å². The van der Waals surface area contributed by atoms with E-state index in [-0.39, 0.29) is 43.8 Å². The van der Waals surface area contributed by atoms with E-state index in [0.717, 1.165) is 0 Å². The molecule has 3 fully saturated rings. The van der Waals surface area contributed by atoms with Crippen molar-refractivity contribution in [2.24, 2.45) is 0 Å². The van der Waals surface area contributed by atoms with E-state index in [0.29, 0.717) is 11.1 Å². The Labute approximate surface area is 180 Å². The molecular formula is C22H27NO8. The topological polar surface area (TPSA) is 92.8 Å². The number of imide groups is 1. The summed E-state index contributed by atoms with van der Waals surface area (Å²) in [5.41, 5.74) is 0.855. The predicted octanol–water partition coefficient (Wildman–Crippen LogP) is 1.70. The number of hydrogen-bond donors (Lipinski definition) is 0. The Morgan fingerprint density at radius 3 is 2.13 bits per heavy atom. The molecule has 168 valence electrons. The summed E-state index contributed by atoms with van der Waals surface area (Å²) in [7, 11) is 0. The van der Waals surface area contributed by atoms with Crippen molar-refractivity contribution in [2.45, 2.75) is 70.0 Å². The zero-order valence-corrected chi connectivity index (χ0v) is 18.0. The van der Waals surface area contributed by atoms with Gasteiger partial charge in [-0.05, 0) is 39.8 Å². The molecule has 2 amide bonds. The zero-order valence-electron chi connectivity index (χ0n) is 18.0. The number of hydrogen-bond acceptors (Lipinski definition) is 8. The Balaban J connectivity index is 1.20. The molecule has 0 spiro atoms.